The van der Waals surface area contributed by atoms with E-state index >= 15 is 0 Å². The van der Waals surface area contributed by atoms with Crippen LogP contribution < -0.4 is 5.32 Å². The average Bonchev–Trinajstić information content (AvgIpc) is 2.24. The van der Waals surface area contributed by atoms with E-state index < -0.39 is 0 Å². The van der Waals surface area contributed by atoms with Crippen LogP contribution in [0.25, 0.3) is 0 Å². The topological polar surface area (TPSA) is 37.8 Å². The van der Waals surface area contributed by atoms with Crippen LogP contribution in [0.5, 0.6) is 0 Å². The van der Waals surface area contributed by atoms with Gasteiger partial charge in [-0.05, 0) is 18.4 Å². The SMILES string of the molecule is CC(C)CCc1nccc(CNC(C)C)n1. The summed E-state index contributed by atoms with van der Waals surface area (Å²) in [6.07, 6.45) is 3.99. The molecule has 0 aliphatic rings. The van der Waals surface area contributed by atoms with Gasteiger partial charge >= 0.3 is 0 Å². The van der Waals surface area contributed by atoms with E-state index in [0.29, 0.717) is 12.0 Å². The predicted octanol–water partition coefficient (Wildman–Crippen LogP) is 2.56. The van der Waals surface area contributed by atoms with E-state index in [4.69, 9.17) is 0 Å². The van der Waals surface area contributed by atoms with Gasteiger partial charge in [0.1, 0.15) is 5.82 Å². The Kier molecular flexibility index (Phi) is 5.39. The Bertz CT molecular complexity index is 281. The molecule has 0 saturated heterocycles. The van der Waals surface area contributed by atoms with Crippen molar-refractivity contribution in [2.45, 2.75) is 53.1 Å². The molecule has 3 heteroatoms. The lowest BCUT2D eigenvalue weighted by atomic mass is 10.1. The second-order valence-electron chi connectivity index (χ2n) is 4.93. The molecule has 0 saturated carbocycles. The van der Waals surface area contributed by atoms with Gasteiger partial charge < -0.3 is 5.32 Å². The third kappa shape index (κ3) is 5.21. The highest BCUT2D eigenvalue weighted by molar-refractivity contribution is 5.02. The summed E-state index contributed by atoms with van der Waals surface area (Å²) >= 11 is 0. The van der Waals surface area contributed by atoms with Crippen LogP contribution in [0.1, 0.15) is 45.6 Å². The molecule has 90 valence electrons. The lowest BCUT2D eigenvalue weighted by Gasteiger charge is -2.08. The summed E-state index contributed by atoms with van der Waals surface area (Å²) in [5, 5.41) is 3.36. The third-order valence-electron chi connectivity index (χ3n) is 2.40. The van der Waals surface area contributed by atoms with Crippen molar-refractivity contribution in [1.29, 1.82) is 0 Å². The highest BCUT2D eigenvalue weighted by Gasteiger charge is 2.02. The molecule has 0 radical (unpaired) electrons. The fraction of sp³-hybridized carbons (Fsp3) is 0.692. The number of nitrogens with one attached hydrogen (secondary N) is 1. The summed E-state index contributed by atoms with van der Waals surface area (Å²) < 4.78 is 0. The maximum Gasteiger partial charge on any atom is 0.128 e. The van der Waals surface area contributed by atoms with Gasteiger partial charge in [-0.15, -0.1) is 0 Å². The zero-order valence-corrected chi connectivity index (χ0v) is 10.8. The zero-order valence-electron chi connectivity index (χ0n) is 10.8. The number of hydrogen-bond donors (Lipinski definition) is 1. The van der Waals surface area contributed by atoms with Gasteiger partial charge in [0.25, 0.3) is 0 Å². The smallest absolute Gasteiger partial charge is 0.128 e. The van der Waals surface area contributed by atoms with Gasteiger partial charge in [-0.1, -0.05) is 27.7 Å². The first-order chi connectivity index (χ1) is 7.58. The number of aryl methyl sites for hydroxylation is 1. The Morgan fingerprint density at radius 2 is 2.00 bits per heavy atom. The van der Waals surface area contributed by atoms with E-state index in [1.165, 1.54) is 0 Å². The number of nitrogens with zero attached hydrogens (tertiary/aromatic N) is 2. The maximum absolute atomic E-state index is 4.54. The van der Waals surface area contributed by atoms with Crippen molar-refractivity contribution >= 4 is 0 Å². The Balaban J connectivity index is 2.50. The molecule has 1 rings (SSSR count). The second-order valence-corrected chi connectivity index (χ2v) is 4.93. The average molecular weight is 221 g/mol. The monoisotopic (exact) mass is 221 g/mol. The first kappa shape index (κ1) is 13.1. The fourth-order valence-corrected chi connectivity index (χ4v) is 1.39. The molecule has 3 nitrogen and oxygen atoms in total. The van der Waals surface area contributed by atoms with Crippen LogP contribution in [0.4, 0.5) is 0 Å². The fourth-order valence-electron chi connectivity index (χ4n) is 1.39. The van der Waals surface area contributed by atoms with Crippen LogP contribution in [0, 0.1) is 5.92 Å². The Labute approximate surface area is 98.7 Å². The van der Waals surface area contributed by atoms with E-state index in [1.54, 1.807) is 0 Å². The van der Waals surface area contributed by atoms with E-state index in [-0.39, 0.29) is 0 Å². The van der Waals surface area contributed by atoms with Crippen molar-refractivity contribution in [3.8, 4) is 0 Å². The number of hydrogen-bond acceptors (Lipinski definition) is 3. The van der Waals surface area contributed by atoms with Crippen molar-refractivity contribution in [2.75, 3.05) is 0 Å². The maximum atomic E-state index is 4.54. The van der Waals surface area contributed by atoms with Gasteiger partial charge in [0.15, 0.2) is 0 Å². The molecule has 1 heterocycles. The molecular formula is C13H23N3. The van der Waals surface area contributed by atoms with E-state index in [0.717, 1.165) is 30.9 Å². The Morgan fingerprint density at radius 1 is 1.25 bits per heavy atom. The normalized spacial score (nSPS) is 11.4. The van der Waals surface area contributed by atoms with Crippen LogP contribution in [-0.4, -0.2) is 16.0 Å². The second kappa shape index (κ2) is 6.59. The molecule has 16 heavy (non-hydrogen) atoms. The largest absolute Gasteiger partial charge is 0.309 e. The minimum absolute atomic E-state index is 0.495. The highest BCUT2D eigenvalue weighted by Crippen LogP contribution is 2.05. The summed E-state index contributed by atoms with van der Waals surface area (Å²) in [4.78, 5) is 8.84. The predicted molar refractivity (Wildman–Crippen MR) is 67.2 cm³/mol. The molecule has 0 bridgehead atoms. The van der Waals surface area contributed by atoms with Crippen LogP contribution >= 0.6 is 0 Å². The van der Waals surface area contributed by atoms with Gasteiger partial charge in [0.05, 0.1) is 5.69 Å². The van der Waals surface area contributed by atoms with E-state index in [9.17, 15) is 0 Å². The quantitative estimate of drug-likeness (QED) is 0.802. The first-order valence-electron chi connectivity index (χ1n) is 6.12. The molecule has 0 aliphatic carbocycles. The van der Waals surface area contributed by atoms with E-state index in [1.807, 2.05) is 12.3 Å². The molecule has 0 atom stereocenters. The highest BCUT2D eigenvalue weighted by atomic mass is 14.9. The Morgan fingerprint density at radius 3 is 2.62 bits per heavy atom. The van der Waals surface area contributed by atoms with Gasteiger partial charge in [0, 0.05) is 25.2 Å². The van der Waals surface area contributed by atoms with Crippen molar-refractivity contribution in [2.24, 2.45) is 5.92 Å². The molecular weight excluding hydrogens is 198 g/mol. The van der Waals surface area contributed by atoms with Crippen molar-refractivity contribution < 1.29 is 0 Å². The minimum Gasteiger partial charge on any atom is -0.309 e. The summed E-state index contributed by atoms with van der Waals surface area (Å²) in [6, 6.07) is 2.47. The van der Waals surface area contributed by atoms with Gasteiger partial charge in [-0.2, -0.15) is 0 Å². The van der Waals surface area contributed by atoms with Crippen molar-refractivity contribution in [1.82, 2.24) is 15.3 Å². The molecule has 1 aromatic rings. The van der Waals surface area contributed by atoms with Gasteiger partial charge in [-0.3, -0.25) is 0 Å². The summed E-state index contributed by atoms with van der Waals surface area (Å²) in [7, 11) is 0. The van der Waals surface area contributed by atoms with Crippen LogP contribution in [0.3, 0.4) is 0 Å². The lowest BCUT2D eigenvalue weighted by molar-refractivity contribution is 0.562. The molecule has 0 aromatic carbocycles. The standard InChI is InChI=1S/C13H23N3/c1-10(2)5-6-13-14-8-7-12(16-13)9-15-11(3)4/h7-8,10-11,15H,5-6,9H2,1-4H3. The molecule has 1 aromatic heterocycles. The van der Waals surface area contributed by atoms with E-state index in [2.05, 4.69) is 43.0 Å². The zero-order chi connectivity index (χ0) is 12.0. The summed E-state index contributed by atoms with van der Waals surface area (Å²) in [6.45, 7) is 9.56. The lowest BCUT2D eigenvalue weighted by Crippen LogP contribution is -2.22. The number of aromatic nitrogens is 2. The molecule has 0 amide bonds. The first-order valence-corrected chi connectivity index (χ1v) is 6.12. The van der Waals surface area contributed by atoms with Crippen molar-refractivity contribution in [3.63, 3.8) is 0 Å². The molecule has 0 fully saturated rings. The van der Waals surface area contributed by atoms with Crippen LogP contribution in [-0.2, 0) is 13.0 Å². The van der Waals surface area contributed by atoms with Crippen LogP contribution in [0.2, 0.25) is 0 Å². The molecule has 0 unspecified atom stereocenters. The number of rotatable bonds is 6. The third-order valence-corrected chi connectivity index (χ3v) is 2.40. The summed E-state index contributed by atoms with van der Waals surface area (Å²) in [5.74, 6) is 1.68. The van der Waals surface area contributed by atoms with Gasteiger partial charge in [-0.25, -0.2) is 9.97 Å². The van der Waals surface area contributed by atoms with Crippen LogP contribution in [0.15, 0.2) is 12.3 Å². The van der Waals surface area contributed by atoms with Crippen molar-refractivity contribution in [3.05, 3.63) is 23.8 Å². The molecule has 0 aliphatic heterocycles. The molecule has 0 spiro atoms. The van der Waals surface area contributed by atoms with Gasteiger partial charge in [0.2, 0.25) is 0 Å². The molecule has 1 N–H and O–H groups in total. The minimum atomic E-state index is 0.495. The summed E-state index contributed by atoms with van der Waals surface area (Å²) in [5.41, 5.74) is 1.09. The Hall–Kier alpha value is -0.960.